The number of aliphatic carboxylic acids is 2. The molecule has 57 heavy (non-hydrogen) atoms. The van der Waals surface area contributed by atoms with E-state index in [0.29, 0.717) is 25.4 Å². The molecule has 0 atom stereocenters. The number of ether oxygens (including phenoxy) is 3. The smallest absolute Gasteiger partial charge is 0.328 e. The Balaban J connectivity index is 0.000000622. The fourth-order valence-electron chi connectivity index (χ4n) is 6.99. The van der Waals surface area contributed by atoms with Gasteiger partial charge >= 0.3 is 11.9 Å². The molecule has 0 aliphatic carbocycles. The Hall–Kier alpha value is -6.32. The van der Waals surface area contributed by atoms with E-state index in [1.165, 1.54) is 66.5 Å². The average Bonchev–Trinajstić information content (AvgIpc) is 3.35. The monoisotopic (exact) mass is 766 g/mol. The van der Waals surface area contributed by atoms with Gasteiger partial charge < -0.3 is 29.0 Å². The van der Waals surface area contributed by atoms with E-state index in [0.717, 1.165) is 53.6 Å². The van der Waals surface area contributed by atoms with Crippen LogP contribution < -0.4 is 14.2 Å². The summed E-state index contributed by atoms with van der Waals surface area (Å²) >= 11 is 0. The van der Waals surface area contributed by atoms with Gasteiger partial charge in [-0.3, -0.25) is 4.90 Å². The summed E-state index contributed by atoms with van der Waals surface area (Å²) in [6, 6.07) is 44.2. The molecule has 0 bridgehead atoms. The van der Waals surface area contributed by atoms with Crippen LogP contribution in [0, 0.1) is 6.92 Å². The highest BCUT2D eigenvalue weighted by Gasteiger charge is 2.18. The Bertz CT molecular complexity index is 2190. The Morgan fingerprint density at radius 2 is 1.14 bits per heavy atom. The van der Waals surface area contributed by atoms with E-state index >= 15 is 0 Å². The van der Waals surface area contributed by atoms with E-state index in [2.05, 4.69) is 107 Å². The van der Waals surface area contributed by atoms with Crippen LogP contribution >= 0.6 is 0 Å². The lowest BCUT2D eigenvalue weighted by atomic mass is 10.1. The van der Waals surface area contributed by atoms with Crippen LogP contribution in [0.3, 0.4) is 0 Å². The average molecular weight is 767 g/mol. The summed E-state index contributed by atoms with van der Waals surface area (Å²) in [5, 5.41) is 16.8. The molecular formula is C48H50N2O7. The molecule has 0 spiro atoms. The number of likely N-dealkylation sites (tertiary alicyclic amines) is 1. The van der Waals surface area contributed by atoms with Gasteiger partial charge in [0.25, 0.3) is 0 Å². The zero-order chi connectivity index (χ0) is 39.8. The Morgan fingerprint density at radius 3 is 1.72 bits per heavy atom. The number of carbonyl (C=O) groups is 2. The Kier molecular flexibility index (Phi) is 14.5. The molecule has 2 N–H and O–H groups in total. The number of aromatic nitrogens is 1. The molecule has 1 aromatic heterocycles. The number of rotatable bonds is 15. The van der Waals surface area contributed by atoms with Gasteiger partial charge in [0, 0.05) is 36.1 Å². The number of hydrogen-bond acceptors (Lipinski definition) is 6. The van der Waals surface area contributed by atoms with Crippen molar-refractivity contribution in [1.29, 1.82) is 0 Å². The molecule has 1 aliphatic heterocycles. The van der Waals surface area contributed by atoms with Crippen molar-refractivity contribution in [3.63, 3.8) is 0 Å². The van der Waals surface area contributed by atoms with Crippen LogP contribution in [-0.2, 0) is 29.3 Å². The molecule has 0 unspecified atom stereocenters. The molecule has 0 saturated carbocycles. The van der Waals surface area contributed by atoms with Crippen molar-refractivity contribution >= 4 is 22.8 Å². The first-order chi connectivity index (χ1) is 27.8. The van der Waals surface area contributed by atoms with Crippen molar-refractivity contribution in [2.75, 3.05) is 26.2 Å². The topological polar surface area (TPSA) is 110 Å². The molecule has 294 valence electrons. The molecule has 1 aliphatic rings. The van der Waals surface area contributed by atoms with E-state index in [1.54, 1.807) is 0 Å². The zero-order valence-corrected chi connectivity index (χ0v) is 32.4. The predicted octanol–water partition coefficient (Wildman–Crippen LogP) is 9.79. The quantitative estimate of drug-likeness (QED) is 0.0995. The van der Waals surface area contributed by atoms with Crippen molar-refractivity contribution in [3.05, 3.63) is 162 Å². The lowest BCUT2D eigenvalue weighted by Gasteiger charge is -2.19. The summed E-state index contributed by atoms with van der Waals surface area (Å²) in [4.78, 5) is 21.7. The van der Waals surface area contributed by atoms with Gasteiger partial charge in [-0.1, -0.05) is 85.6 Å². The summed E-state index contributed by atoms with van der Waals surface area (Å²) in [5.41, 5.74) is 8.30. The molecule has 7 rings (SSSR count). The first-order valence-electron chi connectivity index (χ1n) is 19.5. The highest BCUT2D eigenvalue weighted by molar-refractivity contribution is 5.93. The van der Waals surface area contributed by atoms with Gasteiger partial charge in [-0.15, -0.1) is 0 Å². The minimum atomic E-state index is -1.26. The highest BCUT2D eigenvalue weighted by Crippen LogP contribution is 2.37. The maximum atomic E-state index is 9.55. The van der Waals surface area contributed by atoms with E-state index < -0.39 is 11.9 Å². The number of nitrogens with zero attached hydrogens (tertiary/aromatic N) is 2. The van der Waals surface area contributed by atoms with Crippen LogP contribution in [-0.4, -0.2) is 57.9 Å². The SMILES string of the molecule is Cc1c(-c2ccc(OCc3ccccc3)cc2)n(Cc2ccc(OCCN3CCCCCC3)cc2)c2ccc(OCc3ccccc3)cc12.O=C(O)/C=C\C(=O)O. The number of hydrogen-bond donors (Lipinski definition) is 2. The van der Waals surface area contributed by atoms with Crippen LogP contribution in [0.2, 0.25) is 0 Å². The summed E-state index contributed by atoms with van der Waals surface area (Å²) in [6.07, 6.45) is 6.43. The van der Waals surface area contributed by atoms with Gasteiger partial charge in [0.15, 0.2) is 0 Å². The fraction of sp³-hybridized carbons (Fsp3) is 0.250. The minimum Gasteiger partial charge on any atom is -0.492 e. The number of benzene rings is 5. The molecule has 9 nitrogen and oxygen atoms in total. The van der Waals surface area contributed by atoms with Crippen LogP contribution in [0.1, 0.15) is 47.9 Å². The predicted molar refractivity (Wildman–Crippen MR) is 224 cm³/mol. The second kappa shape index (κ2) is 20.6. The summed E-state index contributed by atoms with van der Waals surface area (Å²) in [6.45, 7) is 8.15. The second-order valence-corrected chi connectivity index (χ2v) is 14.1. The first-order valence-corrected chi connectivity index (χ1v) is 19.5. The lowest BCUT2D eigenvalue weighted by molar-refractivity contribution is -0.134. The van der Waals surface area contributed by atoms with E-state index in [4.69, 9.17) is 24.4 Å². The number of carboxylic acids is 2. The van der Waals surface area contributed by atoms with Crippen molar-refractivity contribution in [2.45, 2.75) is 52.4 Å². The van der Waals surface area contributed by atoms with Crippen molar-refractivity contribution in [2.24, 2.45) is 0 Å². The van der Waals surface area contributed by atoms with Gasteiger partial charge in [0.1, 0.15) is 37.1 Å². The standard InChI is InChI=1S/C44H46N2O3.C4H4O4/c1-34-42-30-41(49-33-37-14-8-5-9-15-37)24-25-43(42)46(44(34)38-18-22-40(23-19-38)48-32-36-12-6-4-7-13-36)31-35-16-20-39(21-17-35)47-29-28-45-26-10-2-3-11-27-45;5-3(6)1-2-4(7)8/h4-9,12-25,30H,2-3,10-11,26-29,31-33H2,1H3;1-2H,(H,5,6)(H,7,8)/b;2-1-. The molecule has 6 aromatic rings. The number of carboxylic acid groups (broad SMARTS) is 2. The normalized spacial score (nSPS) is 13.1. The highest BCUT2D eigenvalue weighted by atomic mass is 16.5. The molecule has 9 heteroatoms. The third kappa shape index (κ3) is 12.1. The minimum absolute atomic E-state index is 0.538. The van der Waals surface area contributed by atoms with E-state index in [-0.39, 0.29) is 0 Å². The van der Waals surface area contributed by atoms with Gasteiger partial charge in [-0.2, -0.15) is 0 Å². The van der Waals surface area contributed by atoms with Crippen LogP contribution in [0.25, 0.3) is 22.2 Å². The summed E-state index contributed by atoms with van der Waals surface area (Å²) < 4.78 is 21.0. The van der Waals surface area contributed by atoms with E-state index in [1.807, 2.05) is 36.4 Å². The Labute approximate surface area is 334 Å². The molecule has 1 fully saturated rings. The van der Waals surface area contributed by atoms with Gasteiger partial charge in [-0.25, -0.2) is 9.59 Å². The first kappa shape index (κ1) is 40.3. The van der Waals surface area contributed by atoms with E-state index in [9.17, 15) is 9.59 Å². The van der Waals surface area contributed by atoms with Crippen LogP contribution in [0.15, 0.2) is 140 Å². The maximum Gasteiger partial charge on any atom is 0.328 e. The van der Waals surface area contributed by atoms with Crippen LogP contribution in [0.5, 0.6) is 17.2 Å². The number of fused-ring (bicyclic) bond motifs is 1. The lowest BCUT2D eigenvalue weighted by Crippen LogP contribution is -2.29. The maximum absolute atomic E-state index is 9.55. The number of aryl methyl sites for hydroxylation is 1. The summed E-state index contributed by atoms with van der Waals surface area (Å²) in [7, 11) is 0. The molecular weight excluding hydrogens is 717 g/mol. The molecule has 2 heterocycles. The molecule has 0 amide bonds. The van der Waals surface area contributed by atoms with Gasteiger partial charge in [0.2, 0.25) is 0 Å². The molecule has 1 saturated heterocycles. The van der Waals surface area contributed by atoms with Gasteiger partial charge in [-0.05, 0) is 115 Å². The van der Waals surface area contributed by atoms with Crippen LogP contribution in [0.4, 0.5) is 0 Å². The van der Waals surface area contributed by atoms with Gasteiger partial charge in [0.05, 0.1) is 5.69 Å². The van der Waals surface area contributed by atoms with Crippen molar-refractivity contribution in [3.8, 4) is 28.5 Å². The summed E-state index contributed by atoms with van der Waals surface area (Å²) in [5.74, 6) is 0.142. The van der Waals surface area contributed by atoms with Crippen molar-refractivity contribution < 1.29 is 34.0 Å². The van der Waals surface area contributed by atoms with Crippen molar-refractivity contribution in [1.82, 2.24) is 9.47 Å². The fourth-order valence-corrected chi connectivity index (χ4v) is 6.99. The molecule has 5 aromatic carbocycles. The zero-order valence-electron chi connectivity index (χ0n) is 32.4. The second-order valence-electron chi connectivity index (χ2n) is 14.1. The third-order valence-corrected chi connectivity index (χ3v) is 9.92. The largest absolute Gasteiger partial charge is 0.492 e. The third-order valence-electron chi connectivity index (χ3n) is 9.92. The molecule has 0 radical (unpaired) electrons. The Morgan fingerprint density at radius 1 is 0.614 bits per heavy atom.